The van der Waals surface area contributed by atoms with E-state index >= 15 is 0 Å². The van der Waals surface area contributed by atoms with Crippen LogP contribution in [0.2, 0.25) is 0 Å². The van der Waals surface area contributed by atoms with Crippen LogP contribution in [0.4, 0.5) is 0 Å². The van der Waals surface area contributed by atoms with Gasteiger partial charge in [0.2, 0.25) is 11.8 Å². The van der Waals surface area contributed by atoms with Gasteiger partial charge in [-0.05, 0) is 35.2 Å². The van der Waals surface area contributed by atoms with E-state index in [1.54, 1.807) is 12.1 Å². The van der Waals surface area contributed by atoms with E-state index in [0.29, 0.717) is 4.90 Å². The molecule has 0 heterocycles. The van der Waals surface area contributed by atoms with Gasteiger partial charge in [0.15, 0.2) is 0 Å². The van der Waals surface area contributed by atoms with E-state index in [2.05, 4.69) is 5.32 Å². The lowest BCUT2D eigenvalue weighted by molar-refractivity contribution is -0.127. The first-order chi connectivity index (χ1) is 18.0. The Morgan fingerprint density at radius 3 is 1.51 bits per heavy atom. The summed E-state index contributed by atoms with van der Waals surface area (Å²) >= 11 is 0. The van der Waals surface area contributed by atoms with Gasteiger partial charge in [-0.1, -0.05) is 109 Å². The van der Waals surface area contributed by atoms with E-state index in [9.17, 15) is 13.8 Å². The van der Waals surface area contributed by atoms with Gasteiger partial charge in [-0.25, -0.2) is 0 Å². The number of nitrogens with one attached hydrogen (secondary N) is 1. The lowest BCUT2D eigenvalue weighted by Crippen LogP contribution is -2.47. The Labute approximate surface area is 220 Å². The molecule has 0 radical (unpaired) electrons. The van der Waals surface area contributed by atoms with Crippen LogP contribution >= 0.6 is 0 Å². The number of hydrogen-bond donors (Lipinski definition) is 2. The molecule has 0 saturated heterocycles. The van der Waals surface area contributed by atoms with Gasteiger partial charge in [0.05, 0.1) is 16.2 Å². The van der Waals surface area contributed by atoms with Crippen LogP contribution in [0.25, 0.3) is 0 Å². The zero-order valence-electron chi connectivity index (χ0n) is 20.5. The lowest BCUT2D eigenvalue weighted by atomic mass is 9.67. The minimum atomic E-state index is -1.30. The summed E-state index contributed by atoms with van der Waals surface area (Å²) in [6.45, 7) is 0. The number of primary amides is 1. The van der Waals surface area contributed by atoms with Crippen LogP contribution in [0.3, 0.4) is 0 Å². The normalized spacial score (nSPS) is 12.9. The number of rotatable bonds is 11. The van der Waals surface area contributed by atoms with Crippen molar-refractivity contribution in [3.63, 3.8) is 0 Å². The highest BCUT2D eigenvalue weighted by Gasteiger charge is 2.39. The second kappa shape index (κ2) is 12.3. The largest absolute Gasteiger partial charge is 0.368 e. The van der Waals surface area contributed by atoms with Crippen molar-refractivity contribution in [3.05, 3.63) is 138 Å². The number of amides is 2. The molecule has 5 nitrogen and oxygen atoms in total. The molecule has 6 heteroatoms. The van der Waals surface area contributed by atoms with Gasteiger partial charge in [0, 0.05) is 17.1 Å². The van der Waals surface area contributed by atoms with Crippen molar-refractivity contribution in [1.82, 2.24) is 5.32 Å². The van der Waals surface area contributed by atoms with Crippen LogP contribution in [-0.4, -0.2) is 27.8 Å². The minimum absolute atomic E-state index is 0.0661. The van der Waals surface area contributed by atoms with Crippen molar-refractivity contribution in [2.45, 2.75) is 29.2 Å². The maximum atomic E-state index is 13.6. The third-order valence-electron chi connectivity index (χ3n) is 6.50. The molecule has 4 aromatic rings. The van der Waals surface area contributed by atoms with E-state index in [0.717, 1.165) is 16.7 Å². The summed E-state index contributed by atoms with van der Waals surface area (Å²) in [4.78, 5) is 26.6. The van der Waals surface area contributed by atoms with Crippen LogP contribution in [0, 0.1) is 0 Å². The quantitative estimate of drug-likeness (QED) is 0.290. The molecule has 2 amide bonds. The van der Waals surface area contributed by atoms with Crippen LogP contribution in [0.15, 0.2) is 126 Å². The molecule has 0 fully saturated rings. The number of carbonyl (C=O) groups excluding carboxylic acids is 2. The molecule has 37 heavy (non-hydrogen) atoms. The topological polar surface area (TPSA) is 89.3 Å². The predicted molar refractivity (Wildman–Crippen MR) is 147 cm³/mol. The number of carbonyl (C=O) groups is 2. The zero-order valence-corrected chi connectivity index (χ0v) is 21.3. The second-order valence-electron chi connectivity index (χ2n) is 8.85. The van der Waals surface area contributed by atoms with Gasteiger partial charge in [-0.3, -0.25) is 13.8 Å². The van der Waals surface area contributed by atoms with Gasteiger partial charge in [0.1, 0.15) is 6.04 Å². The fourth-order valence-corrected chi connectivity index (χ4v) is 5.81. The van der Waals surface area contributed by atoms with Gasteiger partial charge < -0.3 is 11.1 Å². The molecular formula is C31H30N2O3S. The summed E-state index contributed by atoms with van der Waals surface area (Å²) in [6, 6.07) is 37.8. The Bertz CT molecular complexity index is 1230. The van der Waals surface area contributed by atoms with Crippen LogP contribution in [-0.2, 0) is 25.8 Å². The zero-order chi connectivity index (χ0) is 26.1. The standard InChI is InChI=1S/C31H30N2O3S/c32-30(35)28(21-22-37(36)27-19-11-4-12-20-27)33-29(34)23-31(24-13-5-1-6-14-24,25-15-7-2-8-16-25)26-17-9-3-10-18-26/h1-20,28H,21-23H2,(H2,32,35)(H,33,34)/t28-,37-/m0/s1. The molecule has 4 rings (SSSR count). The van der Waals surface area contributed by atoms with E-state index in [1.165, 1.54) is 0 Å². The number of benzene rings is 4. The molecule has 0 unspecified atom stereocenters. The number of hydrogen-bond acceptors (Lipinski definition) is 3. The van der Waals surface area contributed by atoms with Crippen LogP contribution in [0.5, 0.6) is 0 Å². The molecule has 0 aliphatic carbocycles. The van der Waals surface area contributed by atoms with E-state index in [4.69, 9.17) is 5.73 Å². The summed E-state index contributed by atoms with van der Waals surface area (Å²) in [5.41, 5.74) is 7.75. The fourth-order valence-electron chi connectivity index (χ4n) is 4.66. The third kappa shape index (κ3) is 6.22. The van der Waals surface area contributed by atoms with E-state index < -0.39 is 28.2 Å². The molecular weight excluding hydrogens is 480 g/mol. The molecule has 0 spiro atoms. The highest BCUT2D eigenvalue weighted by molar-refractivity contribution is 7.85. The summed E-state index contributed by atoms with van der Waals surface area (Å²) in [5, 5.41) is 2.84. The molecule has 3 N–H and O–H groups in total. The third-order valence-corrected chi connectivity index (χ3v) is 7.91. The summed E-state index contributed by atoms with van der Waals surface area (Å²) in [6.07, 6.45) is 0.244. The molecule has 188 valence electrons. The van der Waals surface area contributed by atoms with Crippen molar-refractivity contribution >= 4 is 22.6 Å². The van der Waals surface area contributed by atoms with Crippen LogP contribution in [0.1, 0.15) is 29.5 Å². The van der Waals surface area contributed by atoms with Crippen molar-refractivity contribution < 1.29 is 13.8 Å². The maximum absolute atomic E-state index is 13.6. The summed E-state index contributed by atoms with van der Waals surface area (Å²) in [7, 11) is -1.30. The molecule has 2 atom stereocenters. The molecule has 0 bridgehead atoms. The van der Waals surface area contributed by atoms with E-state index in [-0.39, 0.29) is 24.5 Å². The molecule has 0 aliphatic rings. The van der Waals surface area contributed by atoms with E-state index in [1.807, 2.05) is 109 Å². The monoisotopic (exact) mass is 510 g/mol. The van der Waals surface area contributed by atoms with Crippen molar-refractivity contribution in [2.75, 3.05) is 5.75 Å². The Balaban J connectivity index is 1.63. The fraction of sp³-hybridized carbons (Fsp3) is 0.161. The molecule has 0 aromatic heterocycles. The SMILES string of the molecule is NC(=O)[C@H](CC[S@](=O)c1ccccc1)NC(=O)CC(c1ccccc1)(c1ccccc1)c1ccccc1. The summed E-state index contributed by atoms with van der Waals surface area (Å²) in [5.74, 6) is -0.756. The van der Waals surface area contributed by atoms with Crippen molar-refractivity contribution in [2.24, 2.45) is 5.73 Å². The van der Waals surface area contributed by atoms with Gasteiger partial charge >= 0.3 is 0 Å². The smallest absolute Gasteiger partial charge is 0.240 e. The molecule has 0 aliphatic heterocycles. The number of nitrogens with two attached hydrogens (primary N) is 1. The van der Waals surface area contributed by atoms with Gasteiger partial charge in [-0.15, -0.1) is 0 Å². The highest BCUT2D eigenvalue weighted by Crippen LogP contribution is 2.42. The second-order valence-corrected chi connectivity index (χ2v) is 10.4. The maximum Gasteiger partial charge on any atom is 0.240 e. The molecule has 4 aromatic carbocycles. The van der Waals surface area contributed by atoms with Crippen molar-refractivity contribution in [1.29, 1.82) is 0 Å². The van der Waals surface area contributed by atoms with Crippen LogP contribution < -0.4 is 11.1 Å². The van der Waals surface area contributed by atoms with Gasteiger partial charge in [0.25, 0.3) is 0 Å². The Morgan fingerprint density at radius 1 is 0.703 bits per heavy atom. The Morgan fingerprint density at radius 2 is 1.11 bits per heavy atom. The molecule has 0 saturated carbocycles. The van der Waals surface area contributed by atoms with Crippen molar-refractivity contribution in [3.8, 4) is 0 Å². The highest BCUT2D eigenvalue weighted by atomic mass is 32.2. The first-order valence-corrected chi connectivity index (χ1v) is 13.5. The minimum Gasteiger partial charge on any atom is -0.368 e. The first kappa shape index (κ1) is 26.0. The average molecular weight is 511 g/mol. The Hall–Kier alpha value is -4.03. The average Bonchev–Trinajstić information content (AvgIpc) is 2.95. The van der Waals surface area contributed by atoms with Gasteiger partial charge in [-0.2, -0.15) is 0 Å². The first-order valence-electron chi connectivity index (χ1n) is 12.2. The predicted octanol–water partition coefficient (Wildman–Crippen LogP) is 4.58. The summed E-state index contributed by atoms with van der Waals surface area (Å²) < 4.78 is 12.7. The lowest BCUT2D eigenvalue weighted by Gasteiger charge is -2.36. The Kier molecular flexibility index (Phi) is 8.64.